The third-order valence-corrected chi connectivity index (χ3v) is 3.51. The van der Waals surface area contributed by atoms with E-state index in [1.807, 2.05) is 19.2 Å². The summed E-state index contributed by atoms with van der Waals surface area (Å²) in [7, 11) is 1.94. The van der Waals surface area contributed by atoms with E-state index >= 15 is 0 Å². The molecule has 4 nitrogen and oxygen atoms in total. The van der Waals surface area contributed by atoms with E-state index in [1.165, 1.54) is 0 Å². The van der Waals surface area contributed by atoms with Crippen LogP contribution in [0.15, 0.2) is 18.2 Å². The second kappa shape index (κ2) is 5.57. The summed E-state index contributed by atoms with van der Waals surface area (Å²) >= 11 is 0. The Morgan fingerprint density at radius 3 is 2.60 bits per heavy atom. The average Bonchev–Trinajstić information content (AvgIpc) is 2.69. The van der Waals surface area contributed by atoms with Gasteiger partial charge in [0.05, 0.1) is 18.7 Å². The van der Waals surface area contributed by atoms with Crippen LogP contribution in [0.5, 0.6) is 11.5 Å². The van der Waals surface area contributed by atoms with Crippen molar-refractivity contribution in [3.05, 3.63) is 23.9 Å². The standard InChI is InChI=1S/C16H20N2O2/c1-3-5-11-8-13(17-2)12-9-15-16(10-14(12)18-11)20-7-4-6-19-15/h8-10H,3-7H2,1-2H3,(H,17,18). The summed E-state index contributed by atoms with van der Waals surface area (Å²) in [5, 5.41) is 4.34. The van der Waals surface area contributed by atoms with Crippen LogP contribution in [-0.4, -0.2) is 25.2 Å². The molecule has 1 aromatic heterocycles. The highest BCUT2D eigenvalue weighted by molar-refractivity contribution is 5.93. The van der Waals surface area contributed by atoms with Crippen molar-refractivity contribution in [2.24, 2.45) is 0 Å². The SMILES string of the molecule is CCCc1cc(NC)c2cc3c(cc2n1)OCCCO3. The number of aryl methyl sites for hydroxylation is 1. The predicted octanol–water partition coefficient (Wildman–Crippen LogP) is 3.39. The van der Waals surface area contributed by atoms with Crippen molar-refractivity contribution in [3.63, 3.8) is 0 Å². The maximum Gasteiger partial charge on any atom is 0.163 e. The van der Waals surface area contributed by atoms with Crippen LogP contribution in [0, 0.1) is 0 Å². The molecular weight excluding hydrogens is 252 g/mol. The molecule has 1 aliphatic rings. The molecule has 0 fully saturated rings. The van der Waals surface area contributed by atoms with Gasteiger partial charge in [0.15, 0.2) is 11.5 Å². The maximum absolute atomic E-state index is 5.75. The molecule has 0 saturated carbocycles. The van der Waals surface area contributed by atoms with E-state index in [2.05, 4.69) is 18.3 Å². The Hall–Kier alpha value is -1.97. The van der Waals surface area contributed by atoms with Crippen LogP contribution >= 0.6 is 0 Å². The van der Waals surface area contributed by atoms with Gasteiger partial charge in [0, 0.05) is 36.3 Å². The fourth-order valence-corrected chi connectivity index (χ4v) is 2.53. The van der Waals surface area contributed by atoms with Crippen LogP contribution in [-0.2, 0) is 6.42 Å². The van der Waals surface area contributed by atoms with Crippen LogP contribution in [0.3, 0.4) is 0 Å². The number of pyridine rings is 1. The van der Waals surface area contributed by atoms with E-state index in [0.717, 1.165) is 53.0 Å². The number of nitrogens with zero attached hydrogens (tertiary/aromatic N) is 1. The van der Waals surface area contributed by atoms with Gasteiger partial charge >= 0.3 is 0 Å². The van der Waals surface area contributed by atoms with Gasteiger partial charge in [-0.3, -0.25) is 4.98 Å². The average molecular weight is 272 g/mol. The van der Waals surface area contributed by atoms with Gasteiger partial charge < -0.3 is 14.8 Å². The quantitative estimate of drug-likeness (QED) is 0.930. The molecule has 106 valence electrons. The monoisotopic (exact) mass is 272 g/mol. The number of rotatable bonds is 3. The van der Waals surface area contributed by atoms with Crippen molar-refractivity contribution >= 4 is 16.6 Å². The Morgan fingerprint density at radius 2 is 1.90 bits per heavy atom. The third-order valence-electron chi connectivity index (χ3n) is 3.51. The van der Waals surface area contributed by atoms with E-state index in [4.69, 9.17) is 14.5 Å². The smallest absolute Gasteiger partial charge is 0.163 e. The van der Waals surface area contributed by atoms with E-state index in [9.17, 15) is 0 Å². The summed E-state index contributed by atoms with van der Waals surface area (Å²) in [6, 6.07) is 6.15. The van der Waals surface area contributed by atoms with Gasteiger partial charge in [-0.25, -0.2) is 0 Å². The molecule has 0 saturated heterocycles. The number of fused-ring (bicyclic) bond motifs is 2. The summed E-state index contributed by atoms with van der Waals surface area (Å²) in [4.78, 5) is 4.74. The molecule has 2 heterocycles. The number of hydrogen-bond acceptors (Lipinski definition) is 4. The lowest BCUT2D eigenvalue weighted by Gasteiger charge is -2.13. The van der Waals surface area contributed by atoms with Gasteiger partial charge in [0.1, 0.15) is 0 Å². The van der Waals surface area contributed by atoms with Gasteiger partial charge in [0.2, 0.25) is 0 Å². The Morgan fingerprint density at radius 1 is 1.15 bits per heavy atom. The van der Waals surface area contributed by atoms with Crippen LogP contribution in [0.2, 0.25) is 0 Å². The number of ether oxygens (including phenoxy) is 2. The molecule has 0 atom stereocenters. The highest BCUT2D eigenvalue weighted by Gasteiger charge is 2.14. The zero-order chi connectivity index (χ0) is 13.9. The Kier molecular flexibility index (Phi) is 3.63. The highest BCUT2D eigenvalue weighted by atomic mass is 16.5. The van der Waals surface area contributed by atoms with Crippen LogP contribution in [0.4, 0.5) is 5.69 Å². The van der Waals surface area contributed by atoms with Crippen LogP contribution < -0.4 is 14.8 Å². The largest absolute Gasteiger partial charge is 0.490 e. The molecule has 0 unspecified atom stereocenters. The highest BCUT2D eigenvalue weighted by Crippen LogP contribution is 2.36. The zero-order valence-corrected chi connectivity index (χ0v) is 12.0. The Bertz CT molecular complexity index is 625. The number of benzene rings is 1. The minimum atomic E-state index is 0.700. The molecule has 0 radical (unpaired) electrons. The summed E-state index contributed by atoms with van der Waals surface area (Å²) in [5.74, 6) is 1.62. The van der Waals surface area contributed by atoms with Crippen molar-refractivity contribution in [1.29, 1.82) is 0 Å². The molecular formula is C16H20N2O2. The van der Waals surface area contributed by atoms with Gasteiger partial charge in [0.25, 0.3) is 0 Å². The number of anilines is 1. The van der Waals surface area contributed by atoms with Gasteiger partial charge in [-0.05, 0) is 18.6 Å². The van der Waals surface area contributed by atoms with E-state index in [1.54, 1.807) is 0 Å². The van der Waals surface area contributed by atoms with E-state index < -0.39 is 0 Å². The summed E-state index contributed by atoms with van der Waals surface area (Å²) in [6.45, 7) is 3.57. The minimum absolute atomic E-state index is 0.700. The van der Waals surface area contributed by atoms with Gasteiger partial charge in [-0.15, -0.1) is 0 Å². The first kappa shape index (κ1) is 13.0. The molecule has 3 rings (SSSR count). The molecule has 1 N–H and O–H groups in total. The molecule has 0 bridgehead atoms. The molecule has 20 heavy (non-hydrogen) atoms. The fourth-order valence-electron chi connectivity index (χ4n) is 2.53. The van der Waals surface area contributed by atoms with Crippen molar-refractivity contribution in [3.8, 4) is 11.5 Å². The summed E-state index contributed by atoms with van der Waals surface area (Å²) in [5.41, 5.74) is 3.16. The molecule has 0 spiro atoms. The lowest BCUT2D eigenvalue weighted by Crippen LogP contribution is -1.98. The first-order chi connectivity index (χ1) is 9.81. The Labute approximate surface area is 119 Å². The molecule has 0 amide bonds. The first-order valence-corrected chi connectivity index (χ1v) is 7.23. The fraction of sp³-hybridized carbons (Fsp3) is 0.438. The summed E-state index contributed by atoms with van der Waals surface area (Å²) in [6.07, 6.45) is 2.99. The number of nitrogens with one attached hydrogen (secondary N) is 1. The van der Waals surface area contributed by atoms with E-state index in [0.29, 0.717) is 13.2 Å². The molecule has 0 aliphatic carbocycles. The number of aromatic nitrogens is 1. The lowest BCUT2D eigenvalue weighted by atomic mass is 10.1. The van der Waals surface area contributed by atoms with Gasteiger partial charge in [-0.1, -0.05) is 13.3 Å². The number of hydrogen-bond donors (Lipinski definition) is 1. The van der Waals surface area contributed by atoms with Gasteiger partial charge in [-0.2, -0.15) is 0 Å². The van der Waals surface area contributed by atoms with Crippen molar-refractivity contribution in [2.75, 3.05) is 25.6 Å². The molecule has 1 aromatic carbocycles. The predicted molar refractivity (Wildman–Crippen MR) is 80.9 cm³/mol. The zero-order valence-electron chi connectivity index (χ0n) is 12.0. The minimum Gasteiger partial charge on any atom is -0.490 e. The first-order valence-electron chi connectivity index (χ1n) is 7.23. The molecule has 4 heteroatoms. The summed E-state index contributed by atoms with van der Waals surface area (Å²) < 4.78 is 11.5. The molecule has 1 aliphatic heterocycles. The Balaban J connectivity index is 2.16. The second-order valence-electron chi connectivity index (χ2n) is 5.03. The van der Waals surface area contributed by atoms with Crippen molar-refractivity contribution < 1.29 is 9.47 Å². The molecule has 2 aromatic rings. The normalized spacial score (nSPS) is 14.1. The maximum atomic E-state index is 5.75. The van der Waals surface area contributed by atoms with Crippen LogP contribution in [0.25, 0.3) is 10.9 Å². The van der Waals surface area contributed by atoms with Crippen molar-refractivity contribution in [2.45, 2.75) is 26.2 Å². The van der Waals surface area contributed by atoms with Crippen molar-refractivity contribution in [1.82, 2.24) is 4.98 Å². The lowest BCUT2D eigenvalue weighted by molar-refractivity contribution is 0.297. The van der Waals surface area contributed by atoms with Crippen LogP contribution in [0.1, 0.15) is 25.5 Å². The van der Waals surface area contributed by atoms with E-state index in [-0.39, 0.29) is 0 Å². The third kappa shape index (κ3) is 2.38. The second-order valence-corrected chi connectivity index (χ2v) is 5.03. The topological polar surface area (TPSA) is 43.4 Å².